The van der Waals surface area contributed by atoms with Gasteiger partial charge in [-0.25, -0.2) is 15.0 Å². The van der Waals surface area contributed by atoms with E-state index in [0.717, 1.165) is 9.13 Å². The maximum Gasteiger partial charge on any atom is -0.0134 e. The molecule has 10 rings (SSSR count). The van der Waals surface area contributed by atoms with Gasteiger partial charge in [0.2, 0.25) is 0 Å². The van der Waals surface area contributed by atoms with Gasteiger partial charge in [-0.05, 0) is 88.5 Å². The summed E-state index contributed by atoms with van der Waals surface area (Å²) >= 11 is 7.58. The number of nitriles is 3. The van der Waals surface area contributed by atoms with E-state index in [1.807, 2.05) is 40.8 Å². The Morgan fingerprint density at radius 2 is 0.901 bits per heavy atom. The molecule has 0 saturated carbocycles. The molecule has 0 amide bonds. The third kappa shape index (κ3) is 21.9. The van der Waals surface area contributed by atoms with Crippen molar-refractivity contribution in [2.24, 2.45) is 0 Å². The second-order valence-electron chi connectivity index (χ2n) is 15.8. The predicted octanol–water partition coefficient (Wildman–Crippen LogP) is 12.1. The van der Waals surface area contributed by atoms with E-state index < -0.39 is 15.8 Å². The van der Waals surface area contributed by atoms with Crippen molar-refractivity contribution in [1.82, 2.24) is 20.1 Å². The minimum atomic E-state index is -0.446. The molecule has 4 heterocycles. The third-order valence-electron chi connectivity index (χ3n) is 10.4. The Kier molecular flexibility index (Phi) is 29.9. The zero-order valence-electron chi connectivity index (χ0n) is 43.4. The monoisotopic (exact) mass is 1360 g/mol. The molecule has 4 aromatic heterocycles. The van der Waals surface area contributed by atoms with Gasteiger partial charge >= 0.3 is 35.0 Å². The van der Waals surface area contributed by atoms with Crippen molar-refractivity contribution < 1.29 is 29.9 Å². The van der Waals surface area contributed by atoms with Gasteiger partial charge in [0.25, 0.3) is 5.71 Å². The van der Waals surface area contributed by atoms with E-state index in [9.17, 15) is 0 Å². The number of hydrogen-bond donors (Lipinski definition) is 1. The SMILES string of the molecule is COCC#Cc1cnc(Cl)c(C#N)c1.COCC#Cc1cnc2onc(N)c2c1.N#Cc1cc(I)cnc1C#N.[Cl][Pd][Cl].c1ccc(P(c2ccccc2)c2ccccc2)cc1.c1ccc(P(c2ccccc2)c2ccccc2)cc1. The van der Waals surface area contributed by atoms with Crippen LogP contribution in [0.2, 0.25) is 5.15 Å². The number of ether oxygens (including phenoxy) is 2. The number of nitrogen functional groups attached to an aromatic ring is 1. The summed E-state index contributed by atoms with van der Waals surface area (Å²) in [5.41, 5.74) is 8.27. The number of pyridine rings is 3. The molecule has 0 unspecified atom stereocenters. The number of nitrogens with two attached hydrogens (primary N) is 1. The quantitative estimate of drug-likeness (QED) is 0.0503. The van der Waals surface area contributed by atoms with E-state index in [1.165, 1.54) is 38.0 Å². The first-order valence-corrected chi connectivity index (χ1v) is 32.0. The van der Waals surface area contributed by atoms with Crippen LogP contribution in [0.3, 0.4) is 0 Å². The number of methoxy groups -OCH3 is 2. The van der Waals surface area contributed by atoms with Gasteiger partial charge in [0.1, 0.15) is 36.6 Å². The number of benzene rings is 6. The fraction of sp³-hybridized carbons (Fsp3) is 0.0635. The van der Waals surface area contributed by atoms with Crippen molar-refractivity contribution >= 4 is 118 Å². The van der Waals surface area contributed by atoms with E-state index >= 15 is 0 Å². The minimum Gasteiger partial charge on any atom is -0.0622 e. The van der Waals surface area contributed by atoms with Gasteiger partial charge in [-0.2, -0.15) is 15.8 Å². The summed E-state index contributed by atoms with van der Waals surface area (Å²) in [4.78, 5) is 11.6. The molecule has 0 atom stereocenters. The smallest absolute Gasteiger partial charge is 0.0134 e. The molecule has 406 valence electrons. The Morgan fingerprint density at radius 1 is 0.531 bits per heavy atom. The molecule has 6 aromatic carbocycles. The Hall–Kier alpha value is -7.33. The number of hydrogen-bond acceptors (Lipinski definition) is 11. The van der Waals surface area contributed by atoms with Crippen LogP contribution in [0.25, 0.3) is 11.1 Å². The average Bonchev–Trinajstić information content (AvgIpc) is 3.89. The van der Waals surface area contributed by atoms with Gasteiger partial charge in [-0.3, -0.25) is 0 Å². The van der Waals surface area contributed by atoms with Crippen LogP contribution in [-0.4, -0.2) is 47.5 Å². The molecule has 0 bridgehead atoms. The van der Waals surface area contributed by atoms with Crippen molar-refractivity contribution in [3.05, 3.63) is 255 Å². The van der Waals surface area contributed by atoms with E-state index in [0.29, 0.717) is 46.8 Å². The van der Waals surface area contributed by atoms with Crippen molar-refractivity contribution in [1.29, 1.82) is 15.8 Å². The number of halogens is 4. The summed E-state index contributed by atoms with van der Waals surface area (Å²) in [6.45, 7) is 0.738. The Morgan fingerprint density at radius 3 is 1.26 bits per heavy atom. The Bertz CT molecular complexity index is 3440. The molecule has 0 saturated heterocycles. The van der Waals surface area contributed by atoms with Crippen LogP contribution in [0.15, 0.2) is 223 Å². The van der Waals surface area contributed by atoms with Gasteiger partial charge in [-0.1, -0.05) is 222 Å². The van der Waals surface area contributed by atoms with Gasteiger partial charge < -0.3 is 19.7 Å². The van der Waals surface area contributed by atoms with Crippen LogP contribution in [0.5, 0.6) is 0 Å². The molecule has 18 heteroatoms. The Labute approximate surface area is 509 Å². The minimum absolute atomic E-state index is 0.106. The van der Waals surface area contributed by atoms with Crippen molar-refractivity contribution in [2.45, 2.75) is 0 Å². The fourth-order valence-corrected chi connectivity index (χ4v) is 12.1. The van der Waals surface area contributed by atoms with E-state index in [4.69, 9.17) is 66.2 Å². The largest absolute Gasteiger partial charge is 0.0622 e. The number of rotatable bonds is 8. The van der Waals surface area contributed by atoms with Crippen LogP contribution >= 0.6 is 69.1 Å². The number of aromatic nitrogens is 4. The second kappa shape index (κ2) is 37.6. The van der Waals surface area contributed by atoms with Gasteiger partial charge in [0.05, 0.1) is 16.5 Å². The zero-order valence-corrected chi connectivity index (χ0v) is 51.1. The molecule has 0 aliphatic heterocycles. The second-order valence-corrected chi connectivity index (χ2v) is 24.2. The summed E-state index contributed by atoms with van der Waals surface area (Å²) in [6, 6.07) is 75.3. The van der Waals surface area contributed by atoms with E-state index in [2.05, 4.69) is 226 Å². The van der Waals surface area contributed by atoms with Crippen LogP contribution < -0.4 is 37.6 Å². The predicted molar refractivity (Wildman–Crippen MR) is 336 cm³/mol. The molecule has 0 aliphatic rings. The van der Waals surface area contributed by atoms with Crippen LogP contribution in [0.4, 0.5) is 5.82 Å². The van der Waals surface area contributed by atoms with Crippen LogP contribution in [0, 0.1) is 61.2 Å². The summed E-state index contributed by atoms with van der Waals surface area (Å²) in [6.07, 6.45) is 4.68. The fourth-order valence-electron chi connectivity index (χ4n) is 6.90. The van der Waals surface area contributed by atoms with Crippen molar-refractivity contribution in [3.8, 4) is 41.9 Å². The first kappa shape index (κ1) is 64.5. The van der Waals surface area contributed by atoms with Gasteiger partial charge in [-0.15, -0.1) is 0 Å². The van der Waals surface area contributed by atoms with Crippen molar-refractivity contribution in [3.63, 3.8) is 0 Å². The number of anilines is 1. The Balaban J connectivity index is 0.000000186. The van der Waals surface area contributed by atoms with E-state index in [-0.39, 0.29) is 26.8 Å². The standard InChI is InChI=1S/2C18H15P.C10H7ClN2O.C10H9N3O2.C7H2IN3.2ClH.Pd/c2*1-4-10-16(11-5-1)19(17-12-6-2-7-13-17)18-14-8-3-9-15-18;1-14-4-2-3-8-5-9(6-12)10(11)13-7-8;1-14-4-2-3-7-5-8-9(11)13-15-10(8)12-6-7;8-6-1-5(2-9)7(3-10)11-4-6;;;/h2*1-15H;5,7H,4H2,1H3;5-6H,4H2,1H3,(H2,11,13);1,4H;2*1H;/q;;;;;;;+2/p-2. The third-order valence-corrected chi connectivity index (χ3v) is 16.2. The first-order chi connectivity index (χ1) is 39.7. The van der Waals surface area contributed by atoms with Crippen LogP contribution in [0.1, 0.15) is 27.9 Å². The molecule has 0 spiro atoms. The molecule has 81 heavy (non-hydrogen) atoms. The molecule has 0 fully saturated rings. The molecule has 11 nitrogen and oxygen atoms in total. The molecule has 10 aromatic rings. The van der Waals surface area contributed by atoms with Gasteiger partial charge in [0.15, 0.2) is 11.5 Å². The zero-order chi connectivity index (χ0) is 57.9. The maximum atomic E-state index is 8.67. The van der Waals surface area contributed by atoms with Crippen LogP contribution in [-0.2, 0) is 25.4 Å². The molecule has 2 N–H and O–H groups in total. The summed E-state index contributed by atoms with van der Waals surface area (Å²) in [7, 11) is 11.9. The molecule has 0 aliphatic carbocycles. The normalized spacial score (nSPS) is 9.69. The summed E-state index contributed by atoms with van der Waals surface area (Å²) in [5, 5.41) is 38.5. The average molecular weight is 1370 g/mol. The molecule has 0 radical (unpaired) electrons. The molecular formula is C63H48Cl3IN8O3P2Pd. The number of fused-ring (bicyclic) bond motifs is 1. The topological polar surface area (TPSA) is 181 Å². The van der Waals surface area contributed by atoms with E-state index in [1.54, 1.807) is 44.8 Å². The van der Waals surface area contributed by atoms with Gasteiger partial charge in [0, 0.05) is 47.5 Å². The maximum absolute atomic E-state index is 8.67. The number of nitrogens with zero attached hydrogens (tertiary/aromatic N) is 7. The summed E-state index contributed by atoms with van der Waals surface area (Å²) < 4.78 is 15.3. The van der Waals surface area contributed by atoms with Crippen molar-refractivity contribution in [2.75, 3.05) is 33.2 Å². The summed E-state index contributed by atoms with van der Waals surface area (Å²) in [5.74, 6) is 11.6. The first-order valence-electron chi connectivity index (χ1n) is 23.9. The molecular weight excluding hydrogens is 1320 g/mol.